The first-order valence-electron chi connectivity index (χ1n) is 7.11. The molecule has 1 aliphatic heterocycles. The molecule has 4 nitrogen and oxygen atoms in total. The monoisotopic (exact) mass is 293 g/mol. The van der Waals surface area contributed by atoms with Crippen LogP contribution in [0.3, 0.4) is 0 Å². The van der Waals surface area contributed by atoms with Crippen LogP contribution in [0, 0.1) is 6.92 Å². The van der Waals surface area contributed by atoms with E-state index in [4.69, 9.17) is 23.1 Å². The van der Waals surface area contributed by atoms with Crippen molar-refractivity contribution in [3.8, 4) is 0 Å². The van der Waals surface area contributed by atoms with Gasteiger partial charge in [-0.15, -0.1) is 0 Å². The zero-order chi connectivity index (χ0) is 14.5. The van der Waals surface area contributed by atoms with Gasteiger partial charge in [0.15, 0.2) is 0 Å². The second-order valence-corrected chi connectivity index (χ2v) is 5.68. The number of nitrogens with two attached hydrogens (primary N) is 1. The standard InChI is InChI=1S/C15H23N3OS/c1-12-4-2-5-13(15(16)20)14(12)18-7-3-6-17(8-9-18)10-11-19/h2,4-5,19H,3,6-11H2,1H3,(H2,16,20). The summed E-state index contributed by atoms with van der Waals surface area (Å²) in [4.78, 5) is 5.14. The lowest BCUT2D eigenvalue weighted by Gasteiger charge is -2.27. The van der Waals surface area contributed by atoms with Gasteiger partial charge in [0.25, 0.3) is 0 Å². The number of para-hydroxylation sites is 1. The number of hydrogen-bond acceptors (Lipinski definition) is 4. The molecule has 1 fully saturated rings. The van der Waals surface area contributed by atoms with Gasteiger partial charge in [-0.05, 0) is 31.5 Å². The first kappa shape index (κ1) is 15.2. The molecule has 110 valence electrons. The number of aliphatic hydroxyl groups is 1. The van der Waals surface area contributed by atoms with E-state index in [9.17, 15) is 0 Å². The largest absolute Gasteiger partial charge is 0.395 e. The van der Waals surface area contributed by atoms with E-state index in [0.717, 1.165) is 44.7 Å². The molecule has 0 bridgehead atoms. The molecule has 3 N–H and O–H groups in total. The van der Waals surface area contributed by atoms with Crippen LogP contribution in [0.4, 0.5) is 5.69 Å². The second-order valence-electron chi connectivity index (χ2n) is 5.24. The molecule has 5 heteroatoms. The van der Waals surface area contributed by atoms with Crippen molar-refractivity contribution < 1.29 is 5.11 Å². The van der Waals surface area contributed by atoms with Crippen molar-refractivity contribution in [1.82, 2.24) is 4.90 Å². The van der Waals surface area contributed by atoms with Crippen LogP contribution in [0.5, 0.6) is 0 Å². The highest BCUT2D eigenvalue weighted by atomic mass is 32.1. The molecule has 0 aromatic heterocycles. The molecule has 0 radical (unpaired) electrons. The van der Waals surface area contributed by atoms with Gasteiger partial charge in [0.2, 0.25) is 0 Å². The summed E-state index contributed by atoms with van der Waals surface area (Å²) >= 11 is 5.18. The maximum absolute atomic E-state index is 9.07. The van der Waals surface area contributed by atoms with Gasteiger partial charge in [-0.25, -0.2) is 0 Å². The van der Waals surface area contributed by atoms with Crippen molar-refractivity contribution in [3.63, 3.8) is 0 Å². The Labute approximate surface area is 126 Å². The van der Waals surface area contributed by atoms with E-state index in [2.05, 4.69) is 22.8 Å². The Morgan fingerprint density at radius 2 is 2.10 bits per heavy atom. The fourth-order valence-corrected chi connectivity index (χ4v) is 3.00. The molecule has 0 atom stereocenters. The Morgan fingerprint density at radius 1 is 1.30 bits per heavy atom. The summed E-state index contributed by atoms with van der Waals surface area (Å²) in [6, 6.07) is 6.11. The van der Waals surface area contributed by atoms with Crippen molar-refractivity contribution in [2.75, 3.05) is 44.2 Å². The number of benzene rings is 1. The summed E-state index contributed by atoms with van der Waals surface area (Å²) in [7, 11) is 0. The van der Waals surface area contributed by atoms with E-state index in [0.29, 0.717) is 4.99 Å². The van der Waals surface area contributed by atoms with Gasteiger partial charge in [0.1, 0.15) is 4.99 Å². The summed E-state index contributed by atoms with van der Waals surface area (Å²) in [6.45, 7) is 7.03. The molecule has 1 aromatic carbocycles. The van der Waals surface area contributed by atoms with E-state index < -0.39 is 0 Å². The van der Waals surface area contributed by atoms with Crippen LogP contribution in [0.1, 0.15) is 17.5 Å². The smallest absolute Gasteiger partial charge is 0.106 e. The van der Waals surface area contributed by atoms with E-state index >= 15 is 0 Å². The number of hydrogen-bond donors (Lipinski definition) is 2. The summed E-state index contributed by atoms with van der Waals surface area (Å²) in [5.74, 6) is 0. The minimum Gasteiger partial charge on any atom is -0.395 e. The van der Waals surface area contributed by atoms with Crippen LogP contribution in [-0.2, 0) is 0 Å². The van der Waals surface area contributed by atoms with E-state index in [1.54, 1.807) is 0 Å². The van der Waals surface area contributed by atoms with Crippen LogP contribution >= 0.6 is 12.2 Å². The SMILES string of the molecule is Cc1cccc(C(N)=S)c1N1CCCN(CCO)CC1. The molecule has 2 rings (SSSR count). The van der Waals surface area contributed by atoms with Crippen LogP contribution in [-0.4, -0.2) is 54.3 Å². The zero-order valence-corrected chi connectivity index (χ0v) is 12.8. The maximum atomic E-state index is 9.07. The molecule has 1 heterocycles. The lowest BCUT2D eigenvalue weighted by Crippen LogP contribution is -2.33. The van der Waals surface area contributed by atoms with Gasteiger partial charge < -0.3 is 15.7 Å². The van der Waals surface area contributed by atoms with Crippen molar-refractivity contribution in [1.29, 1.82) is 0 Å². The fraction of sp³-hybridized carbons (Fsp3) is 0.533. The van der Waals surface area contributed by atoms with E-state index in [1.807, 2.05) is 12.1 Å². The van der Waals surface area contributed by atoms with Gasteiger partial charge in [0.05, 0.1) is 6.61 Å². The highest BCUT2D eigenvalue weighted by Gasteiger charge is 2.19. The number of anilines is 1. The average molecular weight is 293 g/mol. The third kappa shape index (κ3) is 3.48. The number of aryl methyl sites for hydroxylation is 1. The fourth-order valence-electron chi connectivity index (χ4n) is 2.84. The van der Waals surface area contributed by atoms with E-state index in [-0.39, 0.29) is 6.61 Å². The van der Waals surface area contributed by atoms with E-state index in [1.165, 1.54) is 11.3 Å². The summed E-state index contributed by atoms with van der Waals surface area (Å²) in [6.07, 6.45) is 1.09. The third-order valence-electron chi connectivity index (χ3n) is 3.82. The van der Waals surface area contributed by atoms with Crippen LogP contribution in [0.25, 0.3) is 0 Å². The molecule has 1 aliphatic rings. The van der Waals surface area contributed by atoms with Gasteiger partial charge >= 0.3 is 0 Å². The molecule has 0 spiro atoms. The Balaban J connectivity index is 2.21. The molecule has 1 aromatic rings. The molecular formula is C15H23N3OS. The normalized spacial score (nSPS) is 17.0. The number of aliphatic hydroxyl groups excluding tert-OH is 1. The molecule has 0 aliphatic carbocycles. The summed E-state index contributed by atoms with van der Waals surface area (Å²) < 4.78 is 0. The van der Waals surface area contributed by atoms with Gasteiger partial charge in [0, 0.05) is 37.4 Å². The Hall–Kier alpha value is -1.17. The molecule has 0 saturated carbocycles. The number of thiocarbonyl (C=S) groups is 1. The molecule has 0 amide bonds. The van der Waals surface area contributed by atoms with Crippen LogP contribution in [0.2, 0.25) is 0 Å². The van der Waals surface area contributed by atoms with Gasteiger partial charge in [-0.3, -0.25) is 4.90 Å². The molecule has 0 unspecified atom stereocenters. The van der Waals surface area contributed by atoms with Crippen LogP contribution in [0.15, 0.2) is 18.2 Å². The highest BCUT2D eigenvalue weighted by Crippen LogP contribution is 2.26. The number of β-amino-alcohol motifs (C(OH)–C–C–N with tert-alkyl or cyclic N) is 1. The quantitative estimate of drug-likeness (QED) is 0.815. The van der Waals surface area contributed by atoms with Crippen molar-refractivity contribution in [2.45, 2.75) is 13.3 Å². The Bertz CT molecular complexity index is 478. The van der Waals surface area contributed by atoms with Gasteiger partial charge in [-0.2, -0.15) is 0 Å². The minimum atomic E-state index is 0.225. The Kier molecular flexibility index (Phi) is 5.34. The first-order chi connectivity index (χ1) is 9.63. The predicted octanol–water partition coefficient (Wildman–Crippen LogP) is 1.13. The van der Waals surface area contributed by atoms with Crippen molar-refractivity contribution in [2.24, 2.45) is 5.73 Å². The topological polar surface area (TPSA) is 52.7 Å². The second kappa shape index (κ2) is 7.02. The Morgan fingerprint density at radius 3 is 2.80 bits per heavy atom. The summed E-state index contributed by atoms with van der Waals surface area (Å²) in [5, 5.41) is 9.07. The maximum Gasteiger partial charge on any atom is 0.106 e. The predicted molar refractivity (Wildman–Crippen MR) is 87.4 cm³/mol. The summed E-state index contributed by atoms with van der Waals surface area (Å²) in [5.41, 5.74) is 9.22. The van der Waals surface area contributed by atoms with Crippen LogP contribution < -0.4 is 10.6 Å². The minimum absolute atomic E-state index is 0.225. The first-order valence-corrected chi connectivity index (χ1v) is 7.52. The molecule has 1 saturated heterocycles. The van der Waals surface area contributed by atoms with Gasteiger partial charge in [-0.1, -0.05) is 24.4 Å². The van der Waals surface area contributed by atoms with Crippen molar-refractivity contribution >= 4 is 22.9 Å². The molecular weight excluding hydrogens is 270 g/mol. The highest BCUT2D eigenvalue weighted by molar-refractivity contribution is 7.80. The molecule has 20 heavy (non-hydrogen) atoms. The number of nitrogens with zero attached hydrogens (tertiary/aromatic N) is 2. The number of rotatable bonds is 4. The average Bonchev–Trinajstić information content (AvgIpc) is 2.64. The third-order valence-corrected chi connectivity index (χ3v) is 4.04. The zero-order valence-electron chi connectivity index (χ0n) is 12.0. The lowest BCUT2D eigenvalue weighted by atomic mass is 10.1. The lowest BCUT2D eigenvalue weighted by molar-refractivity contribution is 0.204. The van der Waals surface area contributed by atoms with Crippen molar-refractivity contribution in [3.05, 3.63) is 29.3 Å².